The molecule has 0 saturated heterocycles. The molecule has 0 radical (unpaired) electrons. The molecule has 0 aliphatic heterocycles. The van der Waals surface area contributed by atoms with Crippen molar-refractivity contribution in [2.75, 3.05) is 0 Å². The van der Waals surface area contributed by atoms with Gasteiger partial charge in [0.2, 0.25) is 0 Å². The van der Waals surface area contributed by atoms with E-state index in [0.717, 1.165) is 40.9 Å². The standard InChI is InChI=1S/C21H34/c1-3-5-7-11-21(10-6-4-2)14-17-13-18(21)20-16-9-8-15(12-16)19(17)20/h8-9,15-20H,3-7,10-14H2,1-2H3. The maximum absolute atomic E-state index is 2.61. The fraction of sp³-hybridized carbons (Fsp3) is 0.905. The Kier molecular flexibility index (Phi) is 3.71. The smallest absolute Gasteiger partial charge is 0.0194 e. The first kappa shape index (κ1) is 14.3. The Morgan fingerprint density at radius 3 is 2.33 bits per heavy atom. The van der Waals surface area contributed by atoms with Gasteiger partial charge in [0.15, 0.2) is 0 Å². The van der Waals surface area contributed by atoms with E-state index in [-0.39, 0.29) is 0 Å². The van der Waals surface area contributed by atoms with Gasteiger partial charge in [0, 0.05) is 0 Å². The third-order valence-corrected chi connectivity index (χ3v) is 7.91. The first-order valence-electron chi connectivity index (χ1n) is 9.97. The average Bonchev–Trinajstić information content (AvgIpc) is 3.23. The molecule has 7 unspecified atom stereocenters. The highest BCUT2D eigenvalue weighted by molar-refractivity contribution is 5.22. The van der Waals surface area contributed by atoms with Gasteiger partial charge in [-0.2, -0.15) is 0 Å². The van der Waals surface area contributed by atoms with Gasteiger partial charge in [-0.05, 0) is 73.0 Å². The van der Waals surface area contributed by atoms with E-state index < -0.39 is 0 Å². The summed E-state index contributed by atoms with van der Waals surface area (Å²) in [5, 5.41) is 0. The van der Waals surface area contributed by atoms with E-state index in [9.17, 15) is 0 Å². The molecule has 4 rings (SSSR count). The van der Waals surface area contributed by atoms with Crippen LogP contribution in [0.4, 0.5) is 0 Å². The molecule has 21 heavy (non-hydrogen) atoms. The molecule has 3 fully saturated rings. The zero-order chi connectivity index (χ0) is 14.4. The monoisotopic (exact) mass is 286 g/mol. The van der Waals surface area contributed by atoms with E-state index in [4.69, 9.17) is 0 Å². The van der Waals surface area contributed by atoms with E-state index in [1.54, 1.807) is 25.7 Å². The van der Waals surface area contributed by atoms with E-state index >= 15 is 0 Å². The average molecular weight is 287 g/mol. The fourth-order valence-electron chi connectivity index (χ4n) is 7.28. The van der Waals surface area contributed by atoms with Gasteiger partial charge in [-0.15, -0.1) is 0 Å². The molecule has 0 amide bonds. The number of unbranched alkanes of at least 4 members (excludes halogenated alkanes) is 3. The molecule has 0 N–H and O–H groups in total. The van der Waals surface area contributed by atoms with Crippen LogP contribution in [0, 0.1) is 40.9 Å². The molecule has 4 aliphatic rings. The predicted octanol–water partition coefficient (Wildman–Crippen LogP) is 6.22. The minimum atomic E-state index is 0.773. The molecule has 0 aromatic rings. The summed E-state index contributed by atoms with van der Waals surface area (Å²) >= 11 is 0. The zero-order valence-electron chi connectivity index (χ0n) is 14.2. The predicted molar refractivity (Wildman–Crippen MR) is 90.0 cm³/mol. The Morgan fingerprint density at radius 1 is 0.857 bits per heavy atom. The topological polar surface area (TPSA) is 0 Å². The first-order valence-corrected chi connectivity index (χ1v) is 9.97. The van der Waals surface area contributed by atoms with Crippen LogP contribution < -0.4 is 0 Å². The lowest BCUT2D eigenvalue weighted by Crippen LogP contribution is -2.39. The van der Waals surface area contributed by atoms with Gasteiger partial charge < -0.3 is 0 Å². The molecule has 7 atom stereocenters. The number of fused-ring (bicyclic) bond motifs is 9. The molecule has 3 saturated carbocycles. The largest absolute Gasteiger partial charge is 0.0848 e. The van der Waals surface area contributed by atoms with Crippen molar-refractivity contribution >= 4 is 0 Å². The van der Waals surface area contributed by atoms with Crippen molar-refractivity contribution in [3.05, 3.63) is 12.2 Å². The van der Waals surface area contributed by atoms with Gasteiger partial charge in [-0.3, -0.25) is 0 Å². The third-order valence-electron chi connectivity index (χ3n) is 7.91. The lowest BCUT2D eigenvalue weighted by molar-refractivity contribution is 0.0395. The summed E-state index contributed by atoms with van der Waals surface area (Å²) < 4.78 is 0. The SMILES string of the molecule is CCCCCC1(CCCC)CC2CC1C1C3C=CC(C3)C21. The van der Waals surface area contributed by atoms with Crippen LogP contribution in [0.3, 0.4) is 0 Å². The van der Waals surface area contributed by atoms with E-state index in [1.165, 1.54) is 38.5 Å². The Bertz CT molecular complexity index is 408. The number of rotatable bonds is 7. The minimum absolute atomic E-state index is 0.773. The Morgan fingerprint density at radius 2 is 1.57 bits per heavy atom. The van der Waals surface area contributed by atoms with Gasteiger partial charge in [-0.1, -0.05) is 58.1 Å². The lowest BCUT2D eigenvalue weighted by Gasteiger charge is -2.46. The summed E-state index contributed by atoms with van der Waals surface area (Å²) in [4.78, 5) is 0. The molecule has 4 aliphatic carbocycles. The van der Waals surface area contributed by atoms with Crippen LogP contribution in [0.15, 0.2) is 12.2 Å². The van der Waals surface area contributed by atoms with Crippen molar-refractivity contribution in [3.8, 4) is 0 Å². The Balaban J connectivity index is 1.54. The van der Waals surface area contributed by atoms with Crippen molar-refractivity contribution in [2.45, 2.75) is 78.1 Å². The van der Waals surface area contributed by atoms with Crippen molar-refractivity contribution in [1.82, 2.24) is 0 Å². The van der Waals surface area contributed by atoms with Gasteiger partial charge in [0.25, 0.3) is 0 Å². The highest BCUT2D eigenvalue weighted by Gasteiger charge is 2.64. The fourth-order valence-corrected chi connectivity index (χ4v) is 7.28. The van der Waals surface area contributed by atoms with Crippen LogP contribution in [0.1, 0.15) is 78.1 Å². The van der Waals surface area contributed by atoms with Crippen molar-refractivity contribution in [3.63, 3.8) is 0 Å². The summed E-state index contributed by atoms with van der Waals surface area (Å²) in [6.45, 7) is 4.74. The number of allylic oxidation sites excluding steroid dienone is 2. The molecule has 118 valence electrons. The maximum Gasteiger partial charge on any atom is -0.0194 e. The number of hydrogen-bond donors (Lipinski definition) is 0. The van der Waals surface area contributed by atoms with E-state index in [1.807, 2.05) is 0 Å². The Labute approximate surface area is 131 Å². The second-order valence-electron chi connectivity index (χ2n) is 8.83. The van der Waals surface area contributed by atoms with Crippen LogP contribution in [-0.4, -0.2) is 0 Å². The molecular formula is C21H34. The van der Waals surface area contributed by atoms with Gasteiger partial charge in [0.05, 0.1) is 0 Å². The molecule has 0 nitrogen and oxygen atoms in total. The highest BCUT2D eigenvalue weighted by Crippen LogP contribution is 2.72. The van der Waals surface area contributed by atoms with E-state index in [2.05, 4.69) is 26.0 Å². The minimum Gasteiger partial charge on any atom is -0.0848 e. The Hall–Kier alpha value is -0.260. The molecule has 0 heteroatoms. The normalized spacial score (nSPS) is 49.2. The first-order chi connectivity index (χ1) is 10.3. The highest BCUT2D eigenvalue weighted by atomic mass is 14.7. The summed E-state index contributed by atoms with van der Waals surface area (Å²) in [5.41, 5.74) is 0.773. The lowest BCUT2D eigenvalue weighted by atomic mass is 9.59. The van der Waals surface area contributed by atoms with E-state index in [0.29, 0.717) is 0 Å². The van der Waals surface area contributed by atoms with Crippen LogP contribution in [-0.2, 0) is 0 Å². The van der Waals surface area contributed by atoms with Crippen molar-refractivity contribution in [1.29, 1.82) is 0 Å². The third kappa shape index (κ3) is 2.07. The molecule has 0 heterocycles. The second kappa shape index (κ2) is 5.43. The summed E-state index contributed by atoms with van der Waals surface area (Å²) in [6, 6.07) is 0. The molecule has 0 spiro atoms. The molecule has 0 aromatic heterocycles. The molecular weight excluding hydrogens is 252 g/mol. The van der Waals surface area contributed by atoms with Gasteiger partial charge >= 0.3 is 0 Å². The number of hydrogen-bond acceptors (Lipinski definition) is 0. The quantitative estimate of drug-likeness (QED) is 0.296. The zero-order valence-corrected chi connectivity index (χ0v) is 14.2. The van der Waals surface area contributed by atoms with Crippen LogP contribution in [0.25, 0.3) is 0 Å². The van der Waals surface area contributed by atoms with Gasteiger partial charge in [0.1, 0.15) is 0 Å². The maximum atomic E-state index is 2.61. The summed E-state index contributed by atoms with van der Waals surface area (Å²) in [5.74, 6) is 6.43. The van der Waals surface area contributed by atoms with Crippen molar-refractivity contribution < 1.29 is 0 Å². The summed E-state index contributed by atoms with van der Waals surface area (Å²) in [6.07, 6.45) is 20.3. The van der Waals surface area contributed by atoms with Crippen molar-refractivity contribution in [2.24, 2.45) is 40.9 Å². The van der Waals surface area contributed by atoms with Crippen LogP contribution in [0.2, 0.25) is 0 Å². The summed E-state index contributed by atoms with van der Waals surface area (Å²) in [7, 11) is 0. The second-order valence-corrected chi connectivity index (χ2v) is 8.83. The van der Waals surface area contributed by atoms with Crippen LogP contribution >= 0.6 is 0 Å². The van der Waals surface area contributed by atoms with Gasteiger partial charge in [-0.25, -0.2) is 0 Å². The molecule has 4 bridgehead atoms. The van der Waals surface area contributed by atoms with Crippen LogP contribution in [0.5, 0.6) is 0 Å². The molecule has 0 aromatic carbocycles.